The van der Waals surface area contributed by atoms with Crippen molar-refractivity contribution in [3.8, 4) is 0 Å². The number of aliphatic hydroxyl groups is 1. The molecule has 116 valence electrons. The molecule has 0 unspecified atom stereocenters. The van der Waals surface area contributed by atoms with E-state index >= 15 is 0 Å². The van der Waals surface area contributed by atoms with Crippen LogP contribution in [0.5, 0.6) is 0 Å². The Morgan fingerprint density at radius 2 is 2.10 bits per heavy atom. The van der Waals surface area contributed by atoms with Crippen LogP contribution in [0.4, 0.5) is 10.1 Å². The molecule has 0 bridgehead atoms. The van der Waals surface area contributed by atoms with Crippen LogP contribution < -0.4 is 4.72 Å². The summed E-state index contributed by atoms with van der Waals surface area (Å²) < 4.78 is 39.6. The van der Waals surface area contributed by atoms with E-state index in [0.717, 1.165) is 25.0 Å². The van der Waals surface area contributed by atoms with Gasteiger partial charge in [0.25, 0.3) is 5.69 Å². The first kappa shape index (κ1) is 15.8. The van der Waals surface area contributed by atoms with E-state index in [2.05, 4.69) is 4.72 Å². The second-order valence-corrected chi connectivity index (χ2v) is 6.90. The Morgan fingerprint density at radius 3 is 2.62 bits per heavy atom. The molecule has 0 aliphatic heterocycles. The summed E-state index contributed by atoms with van der Waals surface area (Å²) in [6, 6.07) is 2.32. The van der Waals surface area contributed by atoms with Crippen molar-refractivity contribution in [2.75, 3.05) is 13.2 Å². The van der Waals surface area contributed by atoms with Gasteiger partial charge in [0.2, 0.25) is 10.0 Å². The Balaban J connectivity index is 2.22. The van der Waals surface area contributed by atoms with Crippen molar-refractivity contribution < 1.29 is 22.8 Å². The van der Waals surface area contributed by atoms with Crippen molar-refractivity contribution in [3.63, 3.8) is 0 Å². The molecule has 0 amide bonds. The lowest BCUT2D eigenvalue weighted by Crippen LogP contribution is -2.31. The fraction of sp³-hybridized carbons (Fsp3) is 0.500. The molecule has 0 heterocycles. The lowest BCUT2D eigenvalue weighted by molar-refractivity contribution is -0.388. The predicted octanol–water partition coefficient (Wildman–Crippen LogP) is 1.17. The summed E-state index contributed by atoms with van der Waals surface area (Å²) in [5, 5.41) is 19.8. The van der Waals surface area contributed by atoms with E-state index in [1.165, 1.54) is 0 Å². The average Bonchev–Trinajstić information content (AvgIpc) is 3.17. The van der Waals surface area contributed by atoms with Gasteiger partial charge in [-0.1, -0.05) is 0 Å². The Morgan fingerprint density at radius 1 is 1.43 bits per heavy atom. The number of hydrogen-bond donors (Lipinski definition) is 2. The number of rotatable bonds is 7. The number of halogens is 1. The summed E-state index contributed by atoms with van der Waals surface area (Å²) in [6.45, 7) is 0.0584. The van der Waals surface area contributed by atoms with Crippen molar-refractivity contribution in [1.29, 1.82) is 0 Å². The zero-order chi connectivity index (χ0) is 15.7. The molecule has 0 spiro atoms. The molecule has 1 aromatic rings. The molecule has 1 fully saturated rings. The number of benzene rings is 1. The zero-order valence-corrected chi connectivity index (χ0v) is 11.9. The number of sulfonamides is 1. The third-order valence-electron chi connectivity index (χ3n) is 3.64. The topological polar surface area (TPSA) is 110 Å². The Labute approximate surface area is 121 Å². The van der Waals surface area contributed by atoms with Crippen LogP contribution in [0.1, 0.15) is 19.3 Å². The quantitative estimate of drug-likeness (QED) is 0.579. The van der Waals surface area contributed by atoms with Gasteiger partial charge < -0.3 is 5.11 Å². The van der Waals surface area contributed by atoms with Crippen LogP contribution in [-0.4, -0.2) is 31.6 Å². The van der Waals surface area contributed by atoms with Gasteiger partial charge in [0.1, 0.15) is 5.82 Å². The molecule has 2 rings (SSSR count). The number of nitro groups is 1. The molecular formula is C12H15FN2O5S. The van der Waals surface area contributed by atoms with Gasteiger partial charge in [-0.15, -0.1) is 0 Å². The van der Waals surface area contributed by atoms with Crippen molar-refractivity contribution in [3.05, 3.63) is 34.1 Å². The van der Waals surface area contributed by atoms with Gasteiger partial charge in [0.15, 0.2) is 4.90 Å². The summed E-state index contributed by atoms with van der Waals surface area (Å²) in [4.78, 5) is 9.36. The first-order valence-electron chi connectivity index (χ1n) is 6.34. The fourth-order valence-corrected chi connectivity index (χ4v) is 3.42. The van der Waals surface area contributed by atoms with Crippen LogP contribution in [-0.2, 0) is 10.0 Å². The molecule has 0 atom stereocenters. The summed E-state index contributed by atoms with van der Waals surface area (Å²) in [6.07, 6.45) is 2.06. The van der Waals surface area contributed by atoms with E-state index in [0.29, 0.717) is 12.5 Å². The van der Waals surface area contributed by atoms with Crippen LogP contribution >= 0.6 is 0 Å². The van der Waals surface area contributed by atoms with Crippen molar-refractivity contribution in [1.82, 2.24) is 4.72 Å². The highest BCUT2D eigenvalue weighted by molar-refractivity contribution is 7.89. The summed E-state index contributed by atoms with van der Waals surface area (Å²) in [5.74, 6) is -0.875. The summed E-state index contributed by atoms with van der Waals surface area (Å²) in [7, 11) is -4.10. The van der Waals surface area contributed by atoms with Crippen molar-refractivity contribution in [2.45, 2.75) is 24.2 Å². The largest absolute Gasteiger partial charge is 0.396 e. The molecule has 9 heteroatoms. The standard InChI is InChI=1S/C12H15FN2O5S/c13-9-1-2-11(10(7-9)15(17)18)21(19,20)14-8-12(3-4-12)5-6-16/h1-2,7,14,16H,3-6,8H2. The van der Waals surface area contributed by atoms with Crippen LogP contribution in [0.15, 0.2) is 23.1 Å². The molecule has 0 saturated heterocycles. The number of aliphatic hydroxyl groups excluding tert-OH is 1. The minimum Gasteiger partial charge on any atom is -0.396 e. The molecule has 2 N–H and O–H groups in total. The maximum absolute atomic E-state index is 13.0. The number of nitrogens with zero attached hydrogens (tertiary/aromatic N) is 1. The van der Waals surface area contributed by atoms with Gasteiger partial charge in [0.05, 0.1) is 11.0 Å². The summed E-state index contributed by atoms with van der Waals surface area (Å²) in [5.41, 5.74) is -1.06. The molecule has 1 aromatic carbocycles. The molecule has 7 nitrogen and oxygen atoms in total. The van der Waals surface area contributed by atoms with E-state index in [9.17, 15) is 22.9 Å². The van der Waals surface area contributed by atoms with Gasteiger partial charge in [-0.2, -0.15) is 0 Å². The number of nitrogens with one attached hydrogen (secondary N) is 1. The highest BCUT2D eigenvalue weighted by atomic mass is 32.2. The van der Waals surface area contributed by atoms with Gasteiger partial charge in [0, 0.05) is 13.2 Å². The molecule has 1 aliphatic carbocycles. The fourth-order valence-electron chi connectivity index (χ4n) is 2.12. The monoisotopic (exact) mass is 318 g/mol. The molecule has 0 aromatic heterocycles. The van der Waals surface area contributed by atoms with E-state index in [4.69, 9.17) is 5.11 Å². The number of nitro benzene ring substituents is 1. The first-order valence-corrected chi connectivity index (χ1v) is 7.82. The van der Waals surface area contributed by atoms with E-state index in [1.54, 1.807) is 0 Å². The van der Waals surface area contributed by atoms with Crippen LogP contribution in [0, 0.1) is 21.3 Å². The SMILES string of the molecule is O=[N+]([O-])c1cc(F)ccc1S(=O)(=O)NCC1(CCO)CC1. The third-order valence-corrected chi connectivity index (χ3v) is 5.09. The minimum atomic E-state index is -4.10. The maximum Gasteiger partial charge on any atom is 0.292 e. The Bertz CT molecular complexity index is 658. The van der Waals surface area contributed by atoms with Crippen molar-refractivity contribution in [2.24, 2.45) is 5.41 Å². The number of hydrogen-bond acceptors (Lipinski definition) is 5. The van der Waals surface area contributed by atoms with Gasteiger partial charge >= 0.3 is 0 Å². The Kier molecular flexibility index (Phi) is 4.26. The van der Waals surface area contributed by atoms with Crippen LogP contribution in [0.2, 0.25) is 0 Å². The van der Waals surface area contributed by atoms with Crippen LogP contribution in [0.3, 0.4) is 0 Å². The third kappa shape index (κ3) is 3.55. The molecule has 0 radical (unpaired) electrons. The average molecular weight is 318 g/mol. The molecule has 21 heavy (non-hydrogen) atoms. The van der Waals surface area contributed by atoms with Crippen LogP contribution in [0.25, 0.3) is 0 Å². The molecular weight excluding hydrogens is 303 g/mol. The van der Waals surface area contributed by atoms with Gasteiger partial charge in [-0.25, -0.2) is 17.5 Å². The van der Waals surface area contributed by atoms with Gasteiger partial charge in [-0.05, 0) is 36.8 Å². The normalized spacial score (nSPS) is 16.7. The van der Waals surface area contributed by atoms with E-state index in [1.807, 2.05) is 0 Å². The predicted molar refractivity (Wildman–Crippen MR) is 71.6 cm³/mol. The minimum absolute atomic E-state index is 0.0432. The highest BCUT2D eigenvalue weighted by Crippen LogP contribution is 2.48. The zero-order valence-electron chi connectivity index (χ0n) is 11.1. The van der Waals surface area contributed by atoms with E-state index < -0.39 is 31.3 Å². The second-order valence-electron chi connectivity index (χ2n) is 5.17. The lowest BCUT2D eigenvalue weighted by Gasteiger charge is -2.14. The first-order chi connectivity index (χ1) is 9.80. The maximum atomic E-state index is 13.0. The summed E-state index contributed by atoms with van der Waals surface area (Å²) >= 11 is 0. The second kappa shape index (κ2) is 5.66. The van der Waals surface area contributed by atoms with Crippen molar-refractivity contribution >= 4 is 15.7 Å². The molecule has 1 saturated carbocycles. The van der Waals surface area contributed by atoms with E-state index in [-0.39, 0.29) is 18.6 Å². The smallest absolute Gasteiger partial charge is 0.292 e. The molecule has 1 aliphatic rings. The van der Waals surface area contributed by atoms with Gasteiger partial charge in [-0.3, -0.25) is 10.1 Å². The Hall–Kier alpha value is -1.58. The highest BCUT2D eigenvalue weighted by Gasteiger charge is 2.43. The lowest BCUT2D eigenvalue weighted by atomic mass is 10.0.